The number of nitrogens with zero attached hydrogens (tertiary/aromatic N) is 3. The van der Waals surface area contributed by atoms with Gasteiger partial charge in [-0.1, -0.05) is 26.0 Å². The number of ether oxygens (including phenoxy) is 1. The van der Waals surface area contributed by atoms with Crippen LogP contribution in [0.15, 0.2) is 24.3 Å². The Hall–Kier alpha value is -1.10. The van der Waals surface area contributed by atoms with E-state index in [-0.39, 0.29) is 5.54 Å². The number of piperazine rings is 2. The lowest BCUT2D eigenvalue weighted by atomic mass is 9.92. The van der Waals surface area contributed by atoms with Crippen molar-refractivity contribution in [3.05, 3.63) is 29.8 Å². The van der Waals surface area contributed by atoms with Crippen molar-refractivity contribution < 1.29 is 4.74 Å². The predicted molar refractivity (Wildman–Crippen MR) is 104 cm³/mol. The second kappa shape index (κ2) is 7.65. The van der Waals surface area contributed by atoms with Gasteiger partial charge in [-0.25, -0.2) is 0 Å². The van der Waals surface area contributed by atoms with Gasteiger partial charge in [0, 0.05) is 57.4 Å². The van der Waals surface area contributed by atoms with E-state index in [1.165, 1.54) is 38.3 Å². The Morgan fingerprint density at radius 3 is 2.40 bits per heavy atom. The van der Waals surface area contributed by atoms with Crippen LogP contribution in [0.1, 0.15) is 33.3 Å². The van der Waals surface area contributed by atoms with Crippen LogP contribution in [0.5, 0.6) is 5.75 Å². The molecule has 4 nitrogen and oxygen atoms in total. The first-order valence-corrected chi connectivity index (χ1v) is 9.72. The molecule has 1 aromatic carbocycles. The topological polar surface area (TPSA) is 19.0 Å². The van der Waals surface area contributed by atoms with Gasteiger partial charge in [-0.05, 0) is 37.5 Å². The van der Waals surface area contributed by atoms with Crippen molar-refractivity contribution in [2.24, 2.45) is 5.92 Å². The number of rotatable bonds is 5. The van der Waals surface area contributed by atoms with Gasteiger partial charge >= 0.3 is 0 Å². The molecule has 3 rings (SSSR count). The van der Waals surface area contributed by atoms with Gasteiger partial charge < -0.3 is 9.64 Å². The highest BCUT2D eigenvalue weighted by atomic mass is 16.5. The zero-order valence-electron chi connectivity index (χ0n) is 16.7. The molecule has 1 unspecified atom stereocenters. The number of fused-ring (bicyclic) bond motifs is 1. The van der Waals surface area contributed by atoms with E-state index in [2.05, 4.69) is 66.7 Å². The molecule has 2 aliphatic heterocycles. The number of hydrogen-bond acceptors (Lipinski definition) is 4. The van der Waals surface area contributed by atoms with Crippen molar-refractivity contribution in [3.63, 3.8) is 0 Å². The average Bonchev–Trinajstić information content (AvgIpc) is 2.54. The van der Waals surface area contributed by atoms with Crippen molar-refractivity contribution in [2.75, 3.05) is 46.4 Å². The summed E-state index contributed by atoms with van der Waals surface area (Å²) in [6.07, 6.45) is 0. The molecular weight excluding hydrogens is 310 g/mol. The number of methoxy groups -OCH3 is 1. The maximum absolute atomic E-state index is 5.28. The van der Waals surface area contributed by atoms with Crippen molar-refractivity contribution in [2.45, 2.75) is 45.8 Å². The fourth-order valence-electron chi connectivity index (χ4n) is 4.67. The Kier molecular flexibility index (Phi) is 5.71. The quantitative estimate of drug-likeness (QED) is 0.817. The van der Waals surface area contributed by atoms with Crippen LogP contribution in [0.4, 0.5) is 0 Å². The smallest absolute Gasteiger partial charge is 0.118 e. The van der Waals surface area contributed by atoms with Gasteiger partial charge in [0.2, 0.25) is 0 Å². The van der Waals surface area contributed by atoms with Crippen molar-refractivity contribution >= 4 is 0 Å². The van der Waals surface area contributed by atoms with Gasteiger partial charge in [0.1, 0.15) is 5.75 Å². The van der Waals surface area contributed by atoms with Crippen LogP contribution in [-0.2, 0) is 6.54 Å². The molecule has 1 aromatic rings. The van der Waals surface area contributed by atoms with E-state index < -0.39 is 0 Å². The lowest BCUT2D eigenvalue weighted by Crippen LogP contribution is -2.69. The minimum Gasteiger partial charge on any atom is -0.497 e. The molecule has 0 N–H and O–H groups in total. The predicted octanol–water partition coefficient (Wildman–Crippen LogP) is 2.93. The van der Waals surface area contributed by atoms with Gasteiger partial charge in [-0.15, -0.1) is 0 Å². The van der Waals surface area contributed by atoms with Crippen LogP contribution in [0, 0.1) is 5.92 Å². The lowest BCUT2D eigenvalue weighted by Gasteiger charge is -2.56. The molecule has 4 heteroatoms. The van der Waals surface area contributed by atoms with E-state index in [1.807, 2.05) is 0 Å². The highest BCUT2D eigenvalue weighted by molar-refractivity contribution is 5.27. The summed E-state index contributed by atoms with van der Waals surface area (Å²) in [5, 5.41) is 0. The highest BCUT2D eigenvalue weighted by Crippen LogP contribution is 2.29. The van der Waals surface area contributed by atoms with E-state index >= 15 is 0 Å². The normalized spacial score (nSPS) is 25.1. The summed E-state index contributed by atoms with van der Waals surface area (Å²) >= 11 is 0. The Bertz CT molecular complexity index is 555. The third-order valence-corrected chi connectivity index (χ3v) is 5.61. The summed E-state index contributed by atoms with van der Waals surface area (Å²) in [7, 11) is 1.72. The number of hydrogen-bond donors (Lipinski definition) is 0. The molecule has 2 fully saturated rings. The molecule has 0 radical (unpaired) electrons. The average molecular weight is 346 g/mol. The first-order valence-electron chi connectivity index (χ1n) is 9.72. The molecule has 0 saturated carbocycles. The summed E-state index contributed by atoms with van der Waals surface area (Å²) in [5.74, 6) is 1.68. The zero-order chi connectivity index (χ0) is 18.0. The van der Waals surface area contributed by atoms with Gasteiger partial charge in [0.05, 0.1) is 7.11 Å². The summed E-state index contributed by atoms with van der Waals surface area (Å²) in [6, 6.07) is 9.19. The molecule has 0 amide bonds. The molecule has 0 bridgehead atoms. The Labute approximate surface area is 153 Å². The summed E-state index contributed by atoms with van der Waals surface area (Å²) in [6.45, 7) is 17.7. The molecule has 2 aliphatic rings. The fourth-order valence-corrected chi connectivity index (χ4v) is 4.67. The lowest BCUT2D eigenvalue weighted by molar-refractivity contribution is -0.0684. The molecule has 1 atom stereocenters. The first-order chi connectivity index (χ1) is 11.9. The Morgan fingerprint density at radius 1 is 1.08 bits per heavy atom. The maximum atomic E-state index is 5.28. The van der Waals surface area contributed by atoms with Crippen molar-refractivity contribution in [1.82, 2.24) is 14.7 Å². The van der Waals surface area contributed by atoms with E-state index in [0.717, 1.165) is 24.8 Å². The van der Waals surface area contributed by atoms with Crippen LogP contribution < -0.4 is 4.74 Å². The van der Waals surface area contributed by atoms with Crippen molar-refractivity contribution in [1.29, 1.82) is 0 Å². The Balaban J connectivity index is 1.66. The minimum atomic E-state index is 0.249. The monoisotopic (exact) mass is 345 g/mol. The minimum absolute atomic E-state index is 0.249. The van der Waals surface area contributed by atoms with E-state index in [9.17, 15) is 0 Å². The molecule has 25 heavy (non-hydrogen) atoms. The highest BCUT2D eigenvalue weighted by Gasteiger charge is 2.42. The van der Waals surface area contributed by atoms with Crippen LogP contribution >= 0.6 is 0 Å². The molecule has 2 saturated heterocycles. The molecule has 0 spiro atoms. The Morgan fingerprint density at radius 2 is 1.76 bits per heavy atom. The maximum Gasteiger partial charge on any atom is 0.118 e. The van der Waals surface area contributed by atoms with Gasteiger partial charge in [-0.2, -0.15) is 0 Å². The zero-order valence-corrected chi connectivity index (χ0v) is 16.7. The molecule has 0 aliphatic carbocycles. The van der Waals surface area contributed by atoms with Crippen LogP contribution in [0.25, 0.3) is 0 Å². The van der Waals surface area contributed by atoms with Crippen LogP contribution in [-0.4, -0.2) is 72.7 Å². The second-order valence-corrected chi connectivity index (χ2v) is 8.83. The largest absolute Gasteiger partial charge is 0.497 e. The van der Waals surface area contributed by atoms with Gasteiger partial charge in [-0.3, -0.25) is 9.80 Å². The second-order valence-electron chi connectivity index (χ2n) is 8.83. The molecule has 2 heterocycles. The fraction of sp³-hybridized carbons (Fsp3) is 0.714. The summed E-state index contributed by atoms with van der Waals surface area (Å²) in [4.78, 5) is 8.06. The van der Waals surface area contributed by atoms with Gasteiger partial charge in [0.25, 0.3) is 0 Å². The van der Waals surface area contributed by atoms with Crippen LogP contribution in [0.2, 0.25) is 0 Å². The summed E-state index contributed by atoms with van der Waals surface area (Å²) < 4.78 is 5.28. The summed E-state index contributed by atoms with van der Waals surface area (Å²) in [5.41, 5.74) is 1.62. The standard InChI is InChI=1S/C21H35N3O/c1-17(2)12-22-10-11-24-19(14-22)15-23(16-21(24,3)4)13-18-6-8-20(25-5)9-7-18/h6-9,17,19H,10-16H2,1-5H3. The molecule has 140 valence electrons. The molecular formula is C21H35N3O. The molecule has 0 aromatic heterocycles. The third-order valence-electron chi connectivity index (χ3n) is 5.61. The third kappa shape index (κ3) is 4.55. The van der Waals surface area contributed by atoms with Gasteiger partial charge in [0.15, 0.2) is 0 Å². The SMILES string of the molecule is COc1ccc(CN2CC3CN(CC(C)C)CCN3C(C)(C)C2)cc1. The van der Waals surface area contributed by atoms with Crippen LogP contribution in [0.3, 0.4) is 0 Å². The van der Waals surface area contributed by atoms with E-state index in [0.29, 0.717) is 6.04 Å². The van der Waals surface area contributed by atoms with E-state index in [1.54, 1.807) is 7.11 Å². The van der Waals surface area contributed by atoms with E-state index in [4.69, 9.17) is 4.74 Å². The first kappa shape index (κ1) is 18.7. The number of benzene rings is 1. The van der Waals surface area contributed by atoms with Crippen molar-refractivity contribution in [3.8, 4) is 5.75 Å².